The standard InChI is InChI=1S/C9H16N4O3S/c1-6-10-9(16-11-6)8-4-7(5-13(8)2)12-17(3,14)15/h7-8,12H,4-5H2,1-3H3/t7-,8-/m0/s1. The van der Waals surface area contributed by atoms with Crippen LogP contribution in [0.4, 0.5) is 0 Å². The Morgan fingerprint density at radius 2 is 2.24 bits per heavy atom. The Morgan fingerprint density at radius 3 is 2.76 bits per heavy atom. The molecule has 0 radical (unpaired) electrons. The van der Waals surface area contributed by atoms with E-state index in [-0.39, 0.29) is 12.1 Å². The van der Waals surface area contributed by atoms with E-state index < -0.39 is 10.0 Å². The van der Waals surface area contributed by atoms with Crippen molar-refractivity contribution in [2.45, 2.75) is 25.4 Å². The van der Waals surface area contributed by atoms with Crippen molar-refractivity contribution in [1.82, 2.24) is 19.8 Å². The number of aromatic nitrogens is 2. The fraction of sp³-hybridized carbons (Fsp3) is 0.778. The molecule has 0 unspecified atom stereocenters. The van der Waals surface area contributed by atoms with Crippen LogP contribution in [-0.2, 0) is 10.0 Å². The summed E-state index contributed by atoms with van der Waals surface area (Å²) < 4.78 is 30.0. The van der Waals surface area contributed by atoms with E-state index in [1.54, 1.807) is 6.92 Å². The quantitative estimate of drug-likeness (QED) is 0.800. The van der Waals surface area contributed by atoms with Crippen LogP contribution in [0.15, 0.2) is 4.52 Å². The van der Waals surface area contributed by atoms with Gasteiger partial charge in [-0.15, -0.1) is 0 Å². The second-order valence-corrected chi connectivity index (χ2v) is 6.24. The third-order valence-electron chi connectivity index (χ3n) is 2.76. The van der Waals surface area contributed by atoms with E-state index in [0.717, 1.165) is 6.26 Å². The summed E-state index contributed by atoms with van der Waals surface area (Å²) in [7, 11) is -1.26. The molecule has 0 aliphatic carbocycles. The van der Waals surface area contributed by atoms with Crippen molar-refractivity contribution in [3.63, 3.8) is 0 Å². The Hall–Kier alpha value is -0.990. The van der Waals surface area contributed by atoms with Gasteiger partial charge in [0.15, 0.2) is 5.82 Å². The first kappa shape index (κ1) is 12.5. The summed E-state index contributed by atoms with van der Waals surface area (Å²) in [5.74, 6) is 1.13. The van der Waals surface area contributed by atoms with Gasteiger partial charge in [0.25, 0.3) is 0 Å². The molecule has 0 spiro atoms. The maximum atomic E-state index is 11.2. The van der Waals surface area contributed by atoms with Crippen LogP contribution in [0.1, 0.15) is 24.2 Å². The SMILES string of the molecule is Cc1noc([C@@H]2C[C@H](NS(C)(=O)=O)CN2C)n1. The van der Waals surface area contributed by atoms with Gasteiger partial charge in [0.2, 0.25) is 15.9 Å². The van der Waals surface area contributed by atoms with Crippen molar-refractivity contribution in [2.24, 2.45) is 0 Å². The van der Waals surface area contributed by atoms with Crippen LogP contribution < -0.4 is 4.72 Å². The number of nitrogens with one attached hydrogen (secondary N) is 1. The molecule has 0 saturated carbocycles. The number of sulfonamides is 1. The van der Waals surface area contributed by atoms with Gasteiger partial charge in [-0.2, -0.15) is 4.98 Å². The molecule has 0 aromatic carbocycles. The summed E-state index contributed by atoms with van der Waals surface area (Å²) in [6, 6.07) is -0.123. The van der Waals surface area contributed by atoms with Gasteiger partial charge in [0.1, 0.15) is 0 Å². The summed E-state index contributed by atoms with van der Waals surface area (Å²) in [6.07, 6.45) is 1.81. The van der Waals surface area contributed by atoms with E-state index in [0.29, 0.717) is 24.7 Å². The molecule has 8 heteroatoms. The van der Waals surface area contributed by atoms with Gasteiger partial charge in [-0.3, -0.25) is 4.90 Å². The number of rotatable bonds is 3. The lowest BCUT2D eigenvalue weighted by atomic mass is 10.2. The van der Waals surface area contributed by atoms with Gasteiger partial charge >= 0.3 is 0 Å². The molecular weight excluding hydrogens is 244 g/mol. The molecule has 1 fully saturated rings. The number of likely N-dealkylation sites (tertiary alicyclic amines) is 1. The Bertz CT molecular complexity index is 498. The maximum absolute atomic E-state index is 11.2. The summed E-state index contributed by atoms with van der Waals surface area (Å²) in [4.78, 5) is 6.19. The van der Waals surface area contributed by atoms with Crippen molar-refractivity contribution in [3.05, 3.63) is 11.7 Å². The Balaban J connectivity index is 2.08. The highest BCUT2D eigenvalue weighted by Gasteiger charge is 2.35. The molecule has 2 atom stereocenters. The van der Waals surface area contributed by atoms with Crippen LogP contribution in [0.2, 0.25) is 0 Å². The highest BCUT2D eigenvalue weighted by Crippen LogP contribution is 2.29. The predicted octanol–water partition coefficient (Wildman–Crippen LogP) is -0.328. The average Bonchev–Trinajstić information content (AvgIpc) is 2.70. The normalized spacial score (nSPS) is 26.5. The zero-order valence-electron chi connectivity index (χ0n) is 10.0. The number of aryl methyl sites for hydroxylation is 1. The molecule has 1 N–H and O–H groups in total. The number of hydrogen-bond acceptors (Lipinski definition) is 6. The number of likely N-dealkylation sites (N-methyl/N-ethyl adjacent to an activating group) is 1. The molecule has 1 aromatic heterocycles. The van der Waals surface area contributed by atoms with Crippen molar-refractivity contribution >= 4 is 10.0 Å². The lowest BCUT2D eigenvalue weighted by Crippen LogP contribution is -2.35. The number of nitrogens with zero attached hydrogens (tertiary/aromatic N) is 3. The van der Waals surface area contributed by atoms with Crippen molar-refractivity contribution < 1.29 is 12.9 Å². The smallest absolute Gasteiger partial charge is 0.244 e. The Kier molecular flexibility index (Phi) is 3.19. The minimum atomic E-state index is -3.17. The van der Waals surface area contributed by atoms with Crippen molar-refractivity contribution in [2.75, 3.05) is 19.8 Å². The predicted molar refractivity (Wildman–Crippen MR) is 60.8 cm³/mol. The molecule has 1 aliphatic heterocycles. The third-order valence-corrected chi connectivity index (χ3v) is 3.52. The van der Waals surface area contributed by atoms with Gasteiger partial charge in [-0.05, 0) is 20.4 Å². The minimum Gasteiger partial charge on any atom is -0.338 e. The second-order valence-electron chi connectivity index (χ2n) is 4.46. The molecule has 2 rings (SSSR count). The Morgan fingerprint density at radius 1 is 1.53 bits per heavy atom. The third kappa shape index (κ3) is 3.02. The summed E-state index contributed by atoms with van der Waals surface area (Å²) in [5.41, 5.74) is 0. The van der Waals surface area contributed by atoms with Crippen LogP contribution in [-0.4, -0.2) is 49.3 Å². The topological polar surface area (TPSA) is 88.3 Å². The summed E-state index contributed by atoms with van der Waals surface area (Å²) in [6.45, 7) is 2.40. The molecule has 1 aromatic rings. The lowest BCUT2D eigenvalue weighted by molar-refractivity contribution is 0.244. The zero-order valence-corrected chi connectivity index (χ0v) is 10.9. The van der Waals surface area contributed by atoms with Crippen LogP contribution in [0.5, 0.6) is 0 Å². The molecule has 96 valence electrons. The van der Waals surface area contributed by atoms with E-state index in [4.69, 9.17) is 4.52 Å². The first-order chi connectivity index (χ1) is 7.85. The monoisotopic (exact) mass is 260 g/mol. The first-order valence-electron chi connectivity index (χ1n) is 5.33. The molecule has 2 heterocycles. The van der Waals surface area contributed by atoms with E-state index in [9.17, 15) is 8.42 Å². The largest absolute Gasteiger partial charge is 0.338 e. The van der Waals surface area contributed by atoms with Crippen molar-refractivity contribution in [3.8, 4) is 0 Å². The zero-order chi connectivity index (χ0) is 12.6. The molecular formula is C9H16N4O3S. The molecule has 17 heavy (non-hydrogen) atoms. The first-order valence-corrected chi connectivity index (χ1v) is 7.22. The molecule has 1 saturated heterocycles. The van der Waals surface area contributed by atoms with E-state index >= 15 is 0 Å². The average molecular weight is 260 g/mol. The molecule has 0 amide bonds. The highest BCUT2D eigenvalue weighted by molar-refractivity contribution is 7.88. The van der Waals surface area contributed by atoms with Crippen LogP contribution in [0.3, 0.4) is 0 Å². The van der Waals surface area contributed by atoms with Gasteiger partial charge in [0, 0.05) is 12.6 Å². The fourth-order valence-electron chi connectivity index (χ4n) is 2.12. The van der Waals surface area contributed by atoms with Gasteiger partial charge in [0.05, 0.1) is 12.3 Å². The second kappa shape index (κ2) is 4.35. The lowest BCUT2D eigenvalue weighted by Gasteiger charge is -2.13. The van der Waals surface area contributed by atoms with Crippen molar-refractivity contribution in [1.29, 1.82) is 0 Å². The van der Waals surface area contributed by atoms with Gasteiger partial charge in [-0.1, -0.05) is 5.16 Å². The highest BCUT2D eigenvalue weighted by atomic mass is 32.2. The van der Waals surface area contributed by atoms with Gasteiger partial charge < -0.3 is 4.52 Å². The Labute approximate surface area is 100 Å². The maximum Gasteiger partial charge on any atom is 0.244 e. The fourth-order valence-corrected chi connectivity index (χ4v) is 2.90. The summed E-state index contributed by atoms with van der Waals surface area (Å²) >= 11 is 0. The summed E-state index contributed by atoms with van der Waals surface area (Å²) in [5, 5.41) is 3.74. The molecule has 7 nitrogen and oxygen atoms in total. The van der Waals surface area contributed by atoms with E-state index in [1.165, 1.54) is 0 Å². The van der Waals surface area contributed by atoms with Crippen LogP contribution in [0, 0.1) is 6.92 Å². The number of hydrogen-bond donors (Lipinski definition) is 1. The van der Waals surface area contributed by atoms with Crippen LogP contribution >= 0.6 is 0 Å². The van der Waals surface area contributed by atoms with Crippen LogP contribution in [0.25, 0.3) is 0 Å². The van der Waals surface area contributed by atoms with E-state index in [2.05, 4.69) is 14.9 Å². The molecule has 1 aliphatic rings. The minimum absolute atomic E-state index is 0.0181. The van der Waals surface area contributed by atoms with Gasteiger partial charge in [-0.25, -0.2) is 13.1 Å². The van der Waals surface area contributed by atoms with E-state index in [1.807, 2.05) is 11.9 Å². The molecule has 0 bridgehead atoms.